The van der Waals surface area contributed by atoms with Gasteiger partial charge in [-0.2, -0.15) is 0 Å². The van der Waals surface area contributed by atoms with Crippen LogP contribution in [0, 0.1) is 0 Å². The fraction of sp³-hybridized carbons (Fsp3) is 1.00. The Kier molecular flexibility index (Phi) is 2.30. The highest BCUT2D eigenvalue weighted by Gasteiger charge is 2.24. The molecule has 9 heavy (non-hydrogen) atoms. The molecule has 0 bridgehead atoms. The molecule has 0 aromatic carbocycles. The fourth-order valence-corrected chi connectivity index (χ4v) is 1.91. The average Bonchev–Trinajstić information content (AvgIpc) is 1.90. The third kappa shape index (κ3) is 1.80. The summed E-state index contributed by atoms with van der Waals surface area (Å²) in [6, 6.07) is 0. The molecule has 0 heterocycles. The number of rotatable bonds is 1. The van der Waals surface area contributed by atoms with Crippen molar-refractivity contribution in [2.75, 3.05) is 0 Å². The van der Waals surface area contributed by atoms with E-state index >= 15 is 0 Å². The minimum absolute atomic E-state index is 0.282. The van der Waals surface area contributed by atoms with E-state index in [1.807, 2.05) is 0 Å². The van der Waals surface area contributed by atoms with Crippen molar-refractivity contribution in [2.45, 2.75) is 44.6 Å². The van der Waals surface area contributed by atoms with E-state index in [9.17, 15) is 0 Å². The van der Waals surface area contributed by atoms with Crippen LogP contribution in [-0.2, 0) is 4.43 Å². The van der Waals surface area contributed by atoms with Crippen LogP contribution in [0.15, 0.2) is 0 Å². The average molecular weight is 144 g/mol. The molecule has 0 spiro atoms. The van der Waals surface area contributed by atoms with E-state index in [2.05, 4.69) is 6.92 Å². The molecule has 0 aromatic rings. The highest BCUT2D eigenvalue weighted by atomic mass is 28.2. The van der Waals surface area contributed by atoms with Crippen molar-refractivity contribution < 1.29 is 4.43 Å². The summed E-state index contributed by atoms with van der Waals surface area (Å²) in [5, 5.41) is 0. The van der Waals surface area contributed by atoms with Gasteiger partial charge in [0.2, 0.25) is 0 Å². The third-order valence-corrected chi connectivity index (χ3v) is 3.39. The maximum absolute atomic E-state index is 5.52. The molecular formula is C7H16OSi. The third-order valence-electron chi connectivity index (χ3n) is 2.40. The molecule has 1 fully saturated rings. The van der Waals surface area contributed by atoms with E-state index in [1.54, 1.807) is 0 Å². The minimum Gasteiger partial charge on any atom is -0.423 e. The summed E-state index contributed by atoms with van der Waals surface area (Å²) in [5.74, 6) is 0. The van der Waals surface area contributed by atoms with Crippen LogP contribution in [0.25, 0.3) is 0 Å². The highest BCUT2D eigenvalue weighted by Crippen LogP contribution is 2.29. The fourth-order valence-electron chi connectivity index (χ4n) is 1.50. The van der Waals surface area contributed by atoms with Gasteiger partial charge in [-0.3, -0.25) is 0 Å². The lowest BCUT2D eigenvalue weighted by Gasteiger charge is -2.32. The summed E-state index contributed by atoms with van der Waals surface area (Å²) < 4.78 is 5.52. The van der Waals surface area contributed by atoms with Crippen LogP contribution in [0.2, 0.25) is 0 Å². The summed E-state index contributed by atoms with van der Waals surface area (Å²) in [6.07, 6.45) is 6.74. The molecule has 0 atom stereocenters. The second kappa shape index (κ2) is 2.84. The van der Waals surface area contributed by atoms with Crippen LogP contribution in [0.1, 0.15) is 39.0 Å². The Hall–Kier alpha value is 0.177. The molecule has 1 aliphatic rings. The molecule has 0 amide bonds. The first-order valence-corrected chi connectivity index (χ1v) is 4.64. The van der Waals surface area contributed by atoms with Crippen molar-refractivity contribution in [1.29, 1.82) is 0 Å². The molecule has 54 valence electrons. The second-order valence-electron chi connectivity index (χ2n) is 3.21. The lowest BCUT2D eigenvalue weighted by Crippen LogP contribution is -2.30. The zero-order valence-electron chi connectivity index (χ0n) is 6.44. The predicted octanol–water partition coefficient (Wildman–Crippen LogP) is 1.01. The van der Waals surface area contributed by atoms with Crippen LogP contribution in [-0.4, -0.2) is 16.1 Å². The van der Waals surface area contributed by atoms with Crippen molar-refractivity contribution in [1.82, 2.24) is 0 Å². The van der Waals surface area contributed by atoms with Crippen LogP contribution in [0.3, 0.4) is 0 Å². The van der Waals surface area contributed by atoms with Gasteiger partial charge in [0.25, 0.3) is 0 Å². The molecular weight excluding hydrogens is 128 g/mol. The summed E-state index contributed by atoms with van der Waals surface area (Å²) in [7, 11) is 0.905. The van der Waals surface area contributed by atoms with E-state index in [1.165, 1.54) is 32.1 Å². The Bertz CT molecular complexity index is 86.9. The van der Waals surface area contributed by atoms with Gasteiger partial charge in [0.1, 0.15) is 10.5 Å². The van der Waals surface area contributed by atoms with Crippen molar-refractivity contribution in [3.63, 3.8) is 0 Å². The van der Waals surface area contributed by atoms with Crippen LogP contribution < -0.4 is 0 Å². The SMILES string of the molecule is CC1(O[SiH3])CCCCC1. The van der Waals surface area contributed by atoms with E-state index in [-0.39, 0.29) is 5.60 Å². The Morgan fingerprint density at radius 1 is 1.22 bits per heavy atom. The van der Waals surface area contributed by atoms with Gasteiger partial charge in [-0.05, 0) is 19.8 Å². The van der Waals surface area contributed by atoms with Crippen molar-refractivity contribution >= 4 is 10.5 Å². The predicted molar refractivity (Wildman–Crippen MR) is 42.5 cm³/mol. The molecule has 1 rings (SSSR count). The Morgan fingerprint density at radius 2 is 1.78 bits per heavy atom. The second-order valence-corrected chi connectivity index (χ2v) is 3.62. The summed E-state index contributed by atoms with van der Waals surface area (Å²) in [5.41, 5.74) is 0.282. The van der Waals surface area contributed by atoms with Crippen molar-refractivity contribution in [2.24, 2.45) is 0 Å². The first-order valence-electron chi connectivity index (χ1n) is 3.82. The van der Waals surface area contributed by atoms with Gasteiger partial charge >= 0.3 is 0 Å². The molecule has 1 saturated carbocycles. The first kappa shape index (κ1) is 7.29. The first-order chi connectivity index (χ1) is 4.27. The van der Waals surface area contributed by atoms with Gasteiger partial charge < -0.3 is 4.43 Å². The molecule has 0 aliphatic heterocycles. The molecule has 0 saturated heterocycles. The van der Waals surface area contributed by atoms with Gasteiger partial charge in [0.15, 0.2) is 0 Å². The van der Waals surface area contributed by atoms with Gasteiger partial charge in [-0.15, -0.1) is 0 Å². The zero-order chi connectivity index (χ0) is 6.74. The molecule has 0 radical (unpaired) electrons. The Balaban J connectivity index is 2.37. The van der Waals surface area contributed by atoms with Gasteiger partial charge in [0.05, 0.1) is 5.60 Å². The van der Waals surface area contributed by atoms with E-state index < -0.39 is 0 Å². The molecule has 1 aliphatic carbocycles. The van der Waals surface area contributed by atoms with E-state index in [0.29, 0.717) is 0 Å². The van der Waals surface area contributed by atoms with E-state index in [4.69, 9.17) is 4.43 Å². The number of hydrogen-bond acceptors (Lipinski definition) is 1. The highest BCUT2D eigenvalue weighted by molar-refractivity contribution is 5.98. The van der Waals surface area contributed by atoms with Gasteiger partial charge in [-0.1, -0.05) is 19.3 Å². The van der Waals surface area contributed by atoms with Crippen molar-refractivity contribution in [3.8, 4) is 0 Å². The number of hydrogen-bond donors (Lipinski definition) is 0. The summed E-state index contributed by atoms with van der Waals surface area (Å²) >= 11 is 0. The van der Waals surface area contributed by atoms with Crippen LogP contribution in [0.4, 0.5) is 0 Å². The summed E-state index contributed by atoms with van der Waals surface area (Å²) in [6.45, 7) is 2.25. The summed E-state index contributed by atoms with van der Waals surface area (Å²) in [4.78, 5) is 0. The van der Waals surface area contributed by atoms with E-state index in [0.717, 1.165) is 10.5 Å². The van der Waals surface area contributed by atoms with Crippen molar-refractivity contribution in [3.05, 3.63) is 0 Å². The lowest BCUT2D eigenvalue weighted by molar-refractivity contribution is 0.0584. The molecule has 2 heteroatoms. The van der Waals surface area contributed by atoms with Gasteiger partial charge in [0, 0.05) is 0 Å². The normalized spacial score (nSPS) is 26.3. The maximum Gasteiger partial charge on any atom is 0.146 e. The Labute approximate surface area is 60.3 Å². The minimum atomic E-state index is 0.282. The standard InChI is InChI=1S/C7H16OSi/c1-7(8-9)5-3-2-4-6-7/h2-6H2,1,9H3. The molecule has 0 aromatic heterocycles. The monoisotopic (exact) mass is 144 g/mol. The smallest absolute Gasteiger partial charge is 0.146 e. The zero-order valence-corrected chi connectivity index (χ0v) is 8.44. The topological polar surface area (TPSA) is 9.23 Å². The molecule has 1 nitrogen and oxygen atoms in total. The molecule has 0 unspecified atom stereocenters. The Morgan fingerprint density at radius 3 is 2.11 bits per heavy atom. The quantitative estimate of drug-likeness (QED) is 0.499. The van der Waals surface area contributed by atoms with Crippen LogP contribution >= 0.6 is 0 Å². The van der Waals surface area contributed by atoms with Crippen LogP contribution in [0.5, 0.6) is 0 Å². The largest absolute Gasteiger partial charge is 0.423 e. The maximum atomic E-state index is 5.52. The van der Waals surface area contributed by atoms with Gasteiger partial charge in [-0.25, -0.2) is 0 Å². The molecule has 0 N–H and O–H groups in total. The lowest BCUT2D eigenvalue weighted by atomic mass is 9.87.